The van der Waals surface area contributed by atoms with Crippen LogP contribution in [0, 0.1) is 12.8 Å². The quantitative estimate of drug-likeness (QED) is 0.190. The van der Waals surface area contributed by atoms with Gasteiger partial charge in [0.1, 0.15) is 12.5 Å². The Morgan fingerprint density at radius 3 is 2.44 bits per heavy atom. The first-order chi connectivity index (χ1) is 15.5. The van der Waals surface area contributed by atoms with Gasteiger partial charge in [-0.3, -0.25) is 14.8 Å². The molecule has 32 heavy (non-hydrogen) atoms. The Balaban J connectivity index is 2.17. The molecular formula is C24H32N2O6. The molecule has 0 aliphatic rings. The third kappa shape index (κ3) is 7.96. The number of rotatable bonds is 13. The lowest BCUT2D eigenvalue weighted by molar-refractivity contribution is -0.134. The number of carbonyl (C=O) groups is 2. The molecule has 0 aliphatic heterocycles. The first kappa shape index (κ1) is 25.3. The fourth-order valence-electron chi connectivity index (χ4n) is 3.33. The Kier molecular flexibility index (Phi) is 10.7. The highest BCUT2D eigenvalue weighted by atomic mass is 16.7. The van der Waals surface area contributed by atoms with Gasteiger partial charge in [0.05, 0.1) is 19.8 Å². The van der Waals surface area contributed by atoms with Gasteiger partial charge in [-0.05, 0) is 50.5 Å². The Morgan fingerprint density at radius 2 is 1.78 bits per heavy atom. The number of methoxy groups -OCH3 is 1. The summed E-state index contributed by atoms with van der Waals surface area (Å²) in [5, 5.41) is 12.2. The second kappa shape index (κ2) is 13.5. The molecule has 3 N–H and O–H groups in total. The lowest BCUT2D eigenvalue weighted by atomic mass is 9.91. The molecule has 0 aliphatic carbocycles. The van der Waals surface area contributed by atoms with Crippen LogP contribution < -0.4 is 15.5 Å². The number of hydroxylamine groups is 1. The van der Waals surface area contributed by atoms with Gasteiger partial charge in [0.15, 0.2) is 0 Å². The molecule has 0 radical (unpaired) electrons. The summed E-state index contributed by atoms with van der Waals surface area (Å²) in [6.07, 6.45) is 0.562. The van der Waals surface area contributed by atoms with E-state index in [2.05, 4.69) is 5.32 Å². The van der Waals surface area contributed by atoms with E-state index in [1.807, 2.05) is 50.2 Å². The minimum absolute atomic E-state index is 0.0801. The lowest BCUT2D eigenvalue weighted by Crippen LogP contribution is -2.42. The van der Waals surface area contributed by atoms with Crippen molar-refractivity contribution in [2.24, 2.45) is 5.92 Å². The van der Waals surface area contributed by atoms with Crippen LogP contribution in [0.5, 0.6) is 5.75 Å². The Morgan fingerprint density at radius 1 is 1.06 bits per heavy atom. The van der Waals surface area contributed by atoms with Crippen molar-refractivity contribution in [3.63, 3.8) is 0 Å². The molecule has 0 bridgehead atoms. The van der Waals surface area contributed by atoms with E-state index in [9.17, 15) is 14.8 Å². The molecule has 0 saturated heterocycles. The van der Waals surface area contributed by atoms with Crippen LogP contribution in [0.25, 0.3) is 0 Å². The topological polar surface area (TPSA) is 106 Å². The molecule has 2 atom stereocenters. The molecular weight excluding hydrogens is 412 g/mol. The molecule has 2 rings (SSSR count). The van der Waals surface area contributed by atoms with E-state index in [0.29, 0.717) is 24.3 Å². The number of hydrogen-bond acceptors (Lipinski definition) is 6. The Labute approximate surface area is 188 Å². The highest BCUT2D eigenvalue weighted by Gasteiger charge is 2.26. The van der Waals surface area contributed by atoms with Crippen molar-refractivity contribution < 1.29 is 29.0 Å². The van der Waals surface area contributed by atoms with Crippen molar-refractivity contribution in [3.8, 4) is 5.75 Å². The maximum absolute atomic E-state index is 12.8. The van der Waals surface area contributed by atoms with Crippen LogP contribution in [-0.4, -0.2) is 50.2 Å². The fourth-order valence-corrected chi connectivity index (χ4v) is 3.33. The summed E-state index contributed by atoms with van der Waals surface area (Å²) in [6, 6.07) is 14.1. The molecule has 0 fully saturated rings. The Bertz CT molecular complexity index is 856. The smallest absolute Gasteiger partial charge is 0.251 e. The number of hydrogen-bond donors (Lipinski definition) is 3. The van der Waals surface area contributed by atoms with Crippen LogP contribution >= 0.6 is 0 Å². The maximum Gasteiger partial charge on any atom is 0.251 e. The summed E-state index contributed by atoms with van der Waals surface area (Å²) < 4.78 is 16.1. The van der Waals surface area contributed by atoms with Crippen molar-refractivity contribution in [1.82, 2.24) is 10.8 Å². The van der Waals surface area contributed by atoms with E-state index in [1.165, 1.54) is 0 Å². The molecule has 174 valence electrons. The third-order valence-electron chi connectivity index (χ3n) is 5.05. The number of para-hydroxylation sites is 1. The first-order valence-electron chi connectivity index (χ1n) is 10.6. The van der Waals surface area contributed by atoms with Crippen LogP contribution in [0.2, 0.25) is 0 Å². The monoisotopic (exact) mass is 444 g/mol. The van der Waals surface area contributed by atoms with Gasteiger partial charge in [-0.15, -0.1) is 0 Å². The van der Waals surface area contributed by atoms with Crippen molar-refractivity contribution >= 4 is 11.8 Å². The molecule has 0 aromatic heterocycles. The van der Waals surface area contributed by atoms with E-state index < -0.39 is 17.9 Å². The number of nitrogens with one attached hydrogen (secondary N) is 2. The first-order valence-corrected chi connectivity index (χ1v) is 10.6. The van der Waals surface area contributed by atoms with E-state index in [4.69, 9.17) is 14.2 Å². The molecule has 8 nitrogen and oxygen atoms in total. The predicted molar refractivity (Wildman–Crippen MR) is 120 cm³/mol. The maximum atomic E-state index is 12.8. The summed E-state index contributed by atoms with van der Waals surface area (Å²) >= 11 is 0. The standard InChI is InChI=1S/C24H32N2O6/c1-4-31-16-32-15-21(25-23(27)18-11-9-17(2)10-12-18)14-20(24(28)26-29)13-19-7-5-6-8-22(19)30-3/h5-12,20-21,29H,4,13-16H2,1-3H3,(H,25,27)(H,26,28). The van der Waals surface area contributed by atoms with Gasteiger partial charge in [0.25, 0.3) is 5.91 Å². The summed E-state index contributed by atoms with van der Waals surface area (Å²) in [7, 11) is 1.56. The van der Waals surface area contributed by atoms with Gasteiger partial charge >= 0.3 is 0 Å². The average Bonchev–Trinajstić information content (AvgIpc) is 2.81. The molecule has 2 amide bonds. The summed E-state index contributed by atoms with van der Waals surface area (Å²) in [5.41, 5.74) is 4.12. The van der Waals surface area contributed by atoms with Crippen LogP contribution in [0.15, 0.2) is 48.5 Å². The molecule has 8 heteroatoms. The second-order valence-corrected chi connectivity index (χ2v) is 7.44. The molecule has 2 aromatic rings. The lowest BCUT2D eigenvalue weighted by Gasteiger charge is -2.24. The van der Waals surface area contributed by atoms with Gasteiger partial charge in [0.2, 0.25) is 5.91 Å². The van der Waals surface area contributed by atoms with Crippen LogP contribution in [0.1, 0.15) is 34.8 Å². The van der Waals surface area contributed by atoms with Crippen molar-refractivity contribution in [1.29, 1.82) is 0 Å². The van der Waals surface area contributed by atoms with E-state index in [0.717, 1.165) is 11.1 Å². The van der Waals surface area contributed by atoms with Gasteiger partial charge in [-0.25, -0.2) is 5.48 Å². The predicted octanol–water partition coefficient (Wildman–Crippen LogP) is 2.87. The largest absolute Gasteiger partial charge is 0.496 e. The fraction of sp³-hybridized carbons (Fsp3) is 0.417. The molecule has 0 heterocycles. The van der Waals surface area contributed by atoms with E-state index in [-0.39, 0.29) is 25.7 Å². The third-order valence-corrected chi connectivity index (χ3v) is 5.05. The number of amides is 2. The van der Waals surface area contributed by atoms with E-state index in [1.54, 1.807) is 24.7 Å². The normalized spacial score (nSPS) is 12.6. The molecule has 0 saturated carbocycles. The van der Waals surface area contributed by atoms with Gasteiger partial charge in [-0.1, -0.05) is 35.9 Å². The molecule has 0 spiro atoms. The highest BCUT2D eigenvalue weighted by molar-refractivity contribution is 5.94. The number of benzene rings is 2. The van der Waals surface area contributed by atoms with Crippen LogP contribution in [0.4, 0.5) is 0 Å². The van der Waals surface area contributed by atoms with Crippen molar-refractivity contribution in [2.45, 2.75) is 32.7 Å². The minimum Gasteiger partial charge on any atom is -0.496 e. The van der Waals surface area contributed by atoms with Crippen LogP contribution in [0.3, 0.4) is 0 Å². The molecule has 2 aromatic carbocycles. The number of aryl methyl sites for hydroxylation is 1. The van der Waals surface area contributed by atoms with Crippen LogP contribution in [-0.2, 0) is 20.7 Å². The Hall–Kier alpha value is -2.94. The number of carbonyl (C=O) groups excluding carboxylic acids is 2. The SMILES string of the molecule is CCOCOCC(CC(Cc1ccccc1OC)C(=O)NO)NC(=O)c1ccc(C)cc1. The second-order valence-electron chi connectivity index (χ2n) is 7.44. The van der Waals surface area contributed by atoms with E-state index >= 15 is 0 Å². The van der Waals surface area contributed by atoms with Crippen molar-refractivity contribution in [2.75, 3.05) is 27.1 Å². The number of ether oxygens (including phenoxy) is 3. The van der Waals surface area contributed by atoms with Gasteiger partial charge in [-0.2, -0.15) is 0 Å². The summed E-state index contributed by atoms with van der Waals surface area (Å²) in [5.74, 6) is -0.794. The summed E-state index contributed by atoms with van der Waals surface area (Å²) in [6.45, 7) is 4.54. The van der Waals surface area contributed by atoms with Gasteiger partial charge < -0.3 is 19.5 Å². The van der Waals surface area contributed by atoms with Crippen molar-refractivity contribution in [3.05, 3.63) is 65.2 Å². The zero-order valence-corrected chi connectivity index (χ0v) is 18.8. The minimum atomic E-state index is -0.629. The zero-order valence-electron chi connectivity index (χ0n) is 18.8. The average molecular weight is 445 g/mol. The highest BCUT2D eigenvalue weighted by Crippen LogP contribution is 2.23. The zero-order chi connectivity index (χ0) is 23.3. The summed E-state index contributed by atoms with van der Waals surface area (Å²) in [4.78, 5) is 25.2. The molecule has 2 unspecified atom stereocenters. The van der Waals surface area contributed by atoms with Gasteiger partial charge in [0, 0.05) is 18.1 Å².